The second-order valence-corrected chi connectivity index (χ2v) is 10.6. The van der Waals surface area contributed by atoms with E-state index in [4.69, 9.17) is 23.2 Å². The van der Waals surface area contributed by atoms with Gasteiger partial charge in [0.2, 0.25) is 15.9 Å². The molecule has 28 heavy (non-hydrogen) atoms. The number of amides is 1. The van der Waals surface area contributed by atoms with Gasteiger partial charge in [-0.25, -0.2) is 17.7 Å². The van der Waals surface area contributed by atoms with Crippen LogP contribution in [0.2, 0.25) is 10.0 Å². The largest absolute Gasteiger partial charge is 0.302 e. The summed E-state index contributed by atoms with van der Waals surface area (Å²) in [4.78, 5) is 17.2. The molecular formula is C18H21Cl2N3O3S2. The Bertz CT molecular complexity index is 941. The smallest absolute Gasteiger partial charge is 0.226 e. The minimum Gasteiger partial charge on any atom is -0.302 e. The van der Waals surface area contributed by atoms with Crippen molar-refractivity contribution in [1.29, 1.82) is 0 Å². The zero-order chi connectivity index (χ0) is 20.1. The fourth-order valence-electron chi connectivity index (χ4n) is 3.01. The normalized spacial score (nSPS) is 15.1. The number of carbonyl (C=O) groups excluding carboxylic acids is 1. The van der Waals surface area contributed by atoms with Gasteiger partial charge in [-0.2, -0.15) is 0 Å². The first-order valence-electron chi connectivity index (χ1n) is 9.00. The quantitative estimate of drug-likeness (QED) is 0.638. The Morgan fingerprint density at radius 3 is 2.75 bits per heavy atom. The summed E-state index contributed by atoms with van der Waals surface area (Å²) in [5.74, 6) is -0.241. The predicted octanol–water partition coefficient (Wildman–Crippen LogP) is 4.19. The fraction of sp³-hybridized carbons (Fsp3) is 0.444. The molecule has 2 heterocycles. The maximum absolute atomic E-state index is 12.2. The summed E-state index contributed by atoms with van der Waals surface area (Å²) in [6.45, 7) is 1.18. The number of halogens is 2. The van der Waals surface area contributed by atoms with Crippen LogP contribution < -0.4 is 5.32 Å². The number of hydrogen-bond donors (Lipinski definition) is 1. The number of nitrogens with one attached hydrogen (secondary N) is 1. The van der Waals surface area contributed by atoms with Crippen molar-refractivity contribution in [3.63, 3.8) is 0 Å². The number of nitrogens with zero attached hydrogens (tertiary/aromatic N) is 2. The predicted molar refractivity (Wildman–Crippen MR) is 114 cm³/mol. The average molecular weight is 462 g/mol. The first-order chi connectivity index (χ1) is 13.3. The summed E-state index contributed by atoms with van der Waals surface area (Å²) in [7, 11) is -3.25. The molecule has 0 bridgehead atoms. The van der Waals surface area contributed by atoms with Gasteiger partial charge in [0, 0.05) is 37.0 Å². The number of anilines is 1. The lowest BCUT2D eigenvalue weighted by Gasteiger charge is -2.14. The van der Waals surface area contributed by atoms with E-state index in [9.17, 15) is 13.2 Å². The van der Waals surface area contributed by atoms with Crippen molar-refractivity contribution in [2.24, 2.45) is 0 Å². The Morgan fingerprint density at radius 1 is 1.25 bits per heavy atom. The van der Waals surface area contributed by atoms with Crippen molar-refractivity contribution in [3.05, 3.63) is 44.9 Å². The number of rotatable bonds is 8. The minimum atomic E-state index is -3.25. The zero-order valence-corrected chi connectivity index (χ0v) is 18.3. The molecule has 1 aromatic carbocycles. The van der Waals surface area contributed by atoms with E-state index in [0.29, 0.717) is 41.1 Å². The molecule has 0 atom stereocenters. The van der Waals surface area contributed by atoms with Gasteiger partial charge in [0.05, 0.1) is 15.8 Å². The first-order valence-corrected chi connectivity index (χ1v) is 12.2. The van der Waals surface area contributed by atoms with Crippen molar-refractivity contribution in [3.8, 4) is 0 Å². The third kappa shape index (κ3) is 5.67. The monoisotopic (exact) mass is 461 g/mol. The number of benzene rings is 1. The SMILES string of the molecule is O=C(CCCS(=O)(=O)N1CCCC1)Nc1ncc(Cc2cccc(Cl)c2Cl)s1. The molecule has 1 aliphatic rings. The first kappa shape index (κ1) is 21.5. The summed E-state index contributed by atoms with van der Waals surface area (Å²) >= 11 is 13.6. The minimum absolute atomic E-state index is 0.00317. The van der Waals surface area contributed by atoms with Crippen molar-refractivity contribution >= 4 is 55.6 Å². The van der Waals surface area contributed by atoms with E-state index in [1.54, 1.807) is 12.3 Å². The molecular weight excluding hydrogens is 441 g/mol. The molecule has 1 aliphatic heterocycles. The lowest BCUT2D eigenvalue weighted by Crippen LogP contribution is -2.30. The van der Waals surface area contributed by atoms with Gasteiger partial charge in [-0.3, -0.25) is 4.79 Å². The highest BCUT2D eigenvalue weighted by Crippen LogP contribution is 2.29. The summed E-state index contributed by atoms with van der Waals surface area (Å²) in [5, 5.41) is 4.23. The third-order valence-electron chi connectivity index (χ3n) is 4.46. The van der Waals surface area contributed by atoms with E-state index in [1.807, 2.05) is 12.1 Å². The van der Waals surface area contributed by atoms with Crippen molar-refractivity contribution < 1.29 is 13.2 Å². The maximum Gasteiger partial charge on any atom is 0.226 e. The van der Waals surface area contributed by atoms with Crippen LogP contribution in [0.25, 0.3) is 0 Å². The second-order valence-electron chi connectivity index (χ2n) is 6.60. The molecule has 0 unspecified atom stereocenters. The van der Waals surface area contributed by atoms with E-state index in [1.165, 1.54) is 15.6 Å². The number of thiazole rings is 1. The van der Waals surface area contributed by atoms with E-state index < -0.39 is 10.0 Å². The summed E-state index contributed by atoms with van der Waals surface area (Å²) < 4.78 is 25.8. The van der Waals surface area contributed by atoms with Crippen LogP contribution in [-0.4, -0.2) is 42.5 Å². The van der Waals surface area contributed by atoms with Gasteiger partial charge in [0.1, 0.15) is 0 Å². The lowest BCUT2D eigenvalue weighted by atomic mass is 10.1. The van der Waals surface area contributed by atoms with Crippen molar-refractivity contribution in [1.82, 2.24) is 9.29 Å². The molecule has 2 aromatic rings. The molecule has 0 aliphatic carbocycles. The molecule has 10 heteroatoms. The highest BCUT2D eigenvalue weighted by atomic mass is 35.5. The summed E-state index contributed by atoms with van der Waals surface area (Å²) in [5.41, 5.74) is 0.891. The van der Waals surface area contributed by atoms with Crippen LogP contribution in [-0.2, 0) is 21.2 Å². The van der Waals surface area contributed by atoms with Gasteiger partial charge >= 0.3 is 0 Å². The molecule has 1 aromatic heterocycles. The van der Waals surface area contributed by atoms with E-state index in [-0.39, 0.29) is 18.1 Å². The van der Waals surface area contributed by atoms with Crippen LogP contribution in [0.15, 0.2) is 24.4 Å². The fourth-order valence-corrected chi connectivity index (χ4v) is 5.83. The number of carbonyl (C=O) groups is 1. The second kappa shape index (κ2) is 9.54. The van der Waals surface area contributed by atoms with Gasteiger partial charge in [0.25, 0.3) is 0 Å². The molecule has 1 N–H and O–H groups in total. The van der Waals surface area contributed by atoms with Crippen LogP contribution in [0.5, 0.6) is 0 Å². The van der Waals surface area contributed by atoms with Gasteiger partial charge < -0.3 is 5.32 Å². The van der Waals surface area contributed by atoms with Crippen LogP contribution in [0.4, 0.5) is 5.13 Å². The van der Waals surface area contributed by atoms with E-state index in [0.717, 1.165) is 23.3 Å². The van der Waals surface area contributed by atoms with Crippen LogP contribution in [0, 0.1) is 0 Å². The van der Waals surface area contributed by atoms with E-state index >= 15 is 0 Å². The van der Waals surface area contributed by atoms with Gasteiger partial charge in [-0.1, -0.05) is 35.3 Å². The number of aromatic nitrogens is 1. The highest BCUT2D eigenvalue weighted by molar-refractivity contribution is 7.89. The van der Waals surface area contributed by atoms with Crippen molar-refractivity contribution in [2.75, 3.05) is 24.2 Å². The van der Waals surface area contributed by atoms with Crippen LogP contribution in [0.3, 0.4) is 0 Å². The standard InChI is InChI=1S/C18H21Cl2N3O3S2/c19-15-6-3-5-13(17(15)20)11-14-12-21-18(27-14)22-16(24)7-4-10-28(25,26)23-8-1-2-9-23/h3,5-6,12H,1-2,4,7-11H2,(H,21,22,24). The molecule has 1 fully saturated rings. The Morgan fingerprint density at radius 2 is 2.00 bits per heavy atom. The highest BCUT2D eigenvalue weighted by Gasteiger charge is 2.24. The molecule has 1 amide bonds. The Labute approximate surface area is 178 Å². The van der Waals surface area contributed by atoms with Crippen LogP contribution >= 0.6 is 34.5 Å². The van der Waals surface area contributed by atoms with Gasteiger partial charge in [-0.15, -0.1) is 11.3 Å². The maximum atomic E-state index is 12.2. The Hall–Kier alpha value is -1.19. The summed E-state index contributed by atoms with van der Waals surface area (Å²) in [6.07, 6.45) is 4.51. The molecule has 0 spiro atoms. The van der Waals surface area contributed by atoms with Crippen LogP contribution in [0.1, 0.15) is 36.1 Å². The van der Waals surface area contributed by atoms with Gasteiger partial charge in [-0.05, 0) is 30.9 Å². The van der Waals surface area contributed by atoms with E-state index in [2.05, 4.69) is 10.3 Å². The Kier molecular flexibility index (Phi) is 7.33. The summed E-state index contributed by atoms with van der Waals surface area (Å²) in [6, 6.07) is 5.46. The van der Waals surface area contributed by atoms with Gasteiger partial charge in [0.15, 0.2) is 5.13 Å². The number of sulfonamides is 1. The Balaban J connectivity index is 1.48. The topological polar surface area (TPSA) is 79.4 Å². The third-order valence-corrected chi connectivity index (χ3v) is 8.19. The van der Waals surface area contributed by atoms with Crippen molar-refractivity contribution in [2.45, 2.75) is 32.1 Å². The zero-order valence-electron chi connectivity index (χ0n) is 15.2. The average Bonchev–Trinajstić information content (AvgIpc) is 3.31. The molecule has 0 saturated carbocycles. The lowest BCUT2D eigenvalue weighted by molar-refractivity contribution is -0.116. The molecule has 1 saturated heterocycles. The molecule has 0 radical (unpaired) electrons. The molecule has 6 nitrogen and oxygen atoms in total. The molecule has 3 rings (SSSR count). The number of hydrogen-bond acceptors (Lipinski definition) is 5. The molecule has 152 valence electrons.